The fourth-order valence-electron chi connectivity index (χ4n) is 1.73. The van der Waals surface area contributed by atoms with Crippen molar-refractivity contribution in [1.82, 2.24) is 15.5 Å². The second-order valence-electron chi connectivity index (χ2n) is 3.89. The van der Waals surface area contributed by atoms with Crippen LogP contribution in [0.15, 0.2) is 0 Å². The van der Waals surface area contributed by atoms with Gasteiger partial charge in [0.15, 0.2) is 0 Å². The van der Waals surface area contributed by atoms with Gasteiger partial charge in [-0.05, 0) is 25.8 Å². The fourth-order valence-corrected chi connectivity index (χ4v) is 2.60. The molecule has 16 heavy (non-hydrogen) atoms. The third-order valence-electron chi connectivity index (χ3n) is 2.52. The Morgan fingerprint density at radius 1 is 1.62 bits per heavy atom. The minimum absolute atomic E-state index is 0.0181. The number of carbonyl (C=O) groups excluding carboxylic acids is 1. The van der Waals surface area contributed by atoms with E-state index in [0.717, 1.165) is 24.4 Å². The summed E-state index contributed by atoms with van der Waals surface area (Å²) in [6.45, 7) is 3.02. The zero-order valence-electron chi connectivity index (χ0n) is 9.32. The highest BCUT2D eigenvalue weighted by molar-refractivity contribution is 7.15. The van der Waals surface area contributed by atoms with Crippen LogP contribution in [0.3, 0.4) is 0 Å². The number of aromatic nitrogens is 2. The van der Waals surface area contributed by atoms with Crippen molar-refractivity contribution in [1.29, 1.82) is 0 Å². The summed E-state index contributed by atoms with van der Waals surface area (Å²) in [6.07, 6.45) is 3.68. The van der Waals surface area contributed by atoms with E-state index in [2.05, 4.69) is 20.8 Å². The Morgan fingerprint density at radius 3 is 3.19 bits per heavy atom. The minimum atomic E-state index is 0.0181. The Bertz CT molecular complexity index is 359. The molecule has 1 aromatic rings. The van der Waals surface area contributed by atoms with Gasteiger partial charge in [-0.15, -0.1) is 10.2 Å². The molecule has 1 saturated heterocycles. The molecule has 0 spiro atoms. The topological polar surface area (TPSA) is 66.9 Å². The lowest BCUT2D eigenvalue weighted by atomic mass is 10.2. The molecule has 1 fully saturated rings. The summed E-state index contributed by atoms with van der Waals surface area (Å²) in [5.41, 5.74) is 0. The van der Waals surface area contributed by atoms with Crippen LogP contribution in [0.25, 0.3) is 0 Å². The highest BCUT2D eigenvalue weighted by atomic mass is 32.1. The van der Waals surface area contributed by atoms with Gasteiger partial charge in [-0.3, -0.25) is 4.79 Å². The van der Waals surface area contributed by atoms with Gasteiger partial charge in [0.1, 0.15) is 5.01 Å². The lowest BCUT2D eigenvalue weighted by molar-refractivity contribution is -0.116. The maximum atomic E-state index is 11.4. The van der Waals surface area contributed by atoms with Crippen LogP contribution < -0.4 is 10.6 Å². The maximum Gasteiger partial charge on any atom is 0.226 e. The molecule has 2 rings (SSSR count). The van der Waals surface area contributed by atoms with Gasteiger partial charge >= 0.3 is 0 Å². The smallest absolute Gasteiger partial charge is 0.226 e. The lowest BCUT2D eigenvalue weighted by Gasteiger charge is -2.02. The molecule has 2 N–H and O–H groups in total. The number of nitrogens with zero attached hydrogens (tertiary/aromatic N) is 2. The monoisotopic (exact) mass is 240 g/mol. The first kappa shape index (κ1) is 11.5. The normalized spacial score (nSPS) is 19.9. The molecule has 0 bridgehead atoms. The SMILES string of the molecule is CCCC(=O)Nc1nnc(C2CCCN2)s1. The second kappa shape index (κ2) is 5.36. The quantitative estimate of drug-likeness (QED) is 0.840. The van der Waals surface area contributed by atoms with Gasteiger partial charge in [0.25, 0.3) is 0 Å². The van der Waals surface area contributed by atoms with Gasteiger partial charge < -0.3 is 10.6 Å². The summed E-state index contributed by atoms with van der Waals surface area (Å²) in [5.74, 6) is 0.0181. The van der Waals surface area contributed by atoms with Crippen LogP contribution in [-0.2, 0) is 4.79 Å². The standard InChI is InChI=1S/C10H16N4OS/c1-2-4-8(15)12-10-14-13-9(16-10)7-5-3-6-11-7/h7,11H,2-6H2,1H3,(H,12,14,15). The molecule has 88 valence electrons. The molecule has 1 aliphatic heterocycles. The van der Waals surface area contributed by atoms with Crippen LogP contribution in [0, 0.1) is 0 Å². The Labute approximate surface area is 98.7 Å². The van der Waals surface area contributed by atoms with Gasteiger partial charge in [-0.1, -0.05) is 18.3 Å². The van der Waals surface area contributed by atoms with Gasteiger partial charge in [0.2, 0.25) is 11.0 Å². The first-order valence-corrected chi connectivity index (χ1v) is 6.48. The fraction of sp³-hybridized carbons (Fsp3) is 0.700. The third kappa shape index (κ3) is 2.76. The van der Waals surface area contributed by atoms with Crippen molar-refractivity contribution in [3.8, 4) is 0 Å². The van der Waals surface area contributed by atoms with Crippen LogP contribution in [0.5, 0.6) is 0 Å². The zero-order chi connectivity index (χ0) is 11.4. The van der Waals surface area contributed by atoms with Crippen LogP contribution in [-0.4, -0.2) is 22.6 Å². The first-order valence-electron chi connectivity index (χ1n) is 5.66. The predicted octanol–water partition coefficient (Wildman–Crippen LogP) is 1.70. The Hall–Kier alpha value is -1.01. The van der Waals surface area contributed by atoms with Gasteiger partial charge in [0.05, 0.1) is 6.04 Å². The van der Waals surface area contributed by atoms with E-state index < -0.39 is 0 Å². The largest absolute Gasteiger partial charge is 0.308 e. The first-order chi connectivity index (χ1) is 7.79. The maximum absolute atomic E-state index is 11.4. The number of hydrogen-bond donors (Lipinski definition) is 2. The van der Waals surface area contributed by atoms with E-state index in [1.807, 2.05) is 6.92 Å². The number of carbonyl (C=O) groups is 1. The lowest BCUT2D eigenvalue weighted by Crippen LogP contribution is -2.12. The van der Waals surface area contributed by atoms with Crippen LogP contribution in [0.4, 0.5) is 5.13 Å². The molecule has 6 heteroatoms. The average Bonchev–Trinajstić information content (AvgIpc) is 2.86. The summed E-state index contributed by atoms with van der Waals surface area (Å²) < 4.78 is 0. The molecular weight excluding hydrogens is 224 g/mol. The van der Waals surface area contributed by atoms with Crippen molar-refractivity contribution in [2.45, 2.75) is 38.6 Å². The highest BCUT2D eigenvalue weighted by Gasteiger charge is 2.20. The molecule has 2 heterocycles. The van der Waals surface area contributed by atoms with E-state index in [-0.39, 0.29) is 5.91 Å². The second-order valence-corrected chi connectivity index (χ2v) is 4.90. The van der Waals surface area contributed by atoms with Crippen LogP contribution in [0.1, 0.15) is 43.7 Å². The van der Waals surface area contributed by atoms with Crippen molar-refractivity contribution in [2.24, 2.45) is 0 Å². The van der Waals surface area contributed by atoms with Crippen molar-refractivity contribution in [3.05, 3.63) is 5.01 Å². The number of amides is 1. The van der Waals surface area contributed by atoms with Crippen molar-refractivity contribution < 1.29 is 4.79 Å². The summed E-state index contributed by atoms with van der Waals surface area (Å²) in [5, 5.41) is 15.8. The predicted molar refractivity (Wildman–Crippen MR) is 63.4 cm³/mol. The molecular formula is C10H16N4OS. The van der Waals surface area contributed by atoms with E-state index in [4.69, 9.17) is 0 Å². The third-order valence-corrected chi connectivity index (χ3v) is 3.47. The van der Waals surface area contributed by atoms with Gasteiger partial charge in [0, 0.05) is 6.42 Å². The van der Waals surface area contributed by atoms with Crippen molar-refractivity contribution in [2.75, 3.05) is 11.9 Å². The highest BCUT2D eigenvalue weighted by Crippen LogP contribution is 2.27. The molecule has 0 saturated carbocycles. The summed E-state index contributed by atoms with van der Waals surface area (Å²) >= 11 is 1.47. The average molecular weight is 240 g/mol. The molecule has 0 radical (unpaired) electrons. The molecule has 1 amide bonds. The van der Waals surface area contributed by atoms with Gasteiger partial charge in [-0.2, -0.15) is 0 Å². The van der Waals surface area contributed by atoms with Crippen LogP contribution >= 0.6 is 11.3 Å². The summed E-state index contributed by atoms with van der Waals surface area (Å²) in [6, 6.07) is 0.328. The summed E-state index contributed by atoms with van der Waals surface area (Å²) in [7, 11) is 0. The number of anilines is 1. The number of rotatable bonds is 4. The van der Waals surface area contributed by atoms with E-state index in [9.17, 15) is 4.79 Å². The summed E-state index contributed by atoms with van der Waals surface area (Å²) in [4.78, 5) is 11.4. The Balaban J connectivity index is 1.93. The van der Waals surface area contributed by atoms with Gasteiger partial charge in [-0.25, -0.2) is 0 Å². The molecule has 0 aromatic carbocycles. The molecule has 5 nitrogen and oxygen atoms in total. The zero-order valence-corrected chi connectivity index (χ0v) is 10.1. The van der Waals surface area contributed by atoms with Crippen molar-refractivity contribution in [3.63, 3.8) is 0 Å². The molecule has 1 aromatic heterocycles. The molecule has 1 aliphatic rings. The van der Waals surface area contributed by atoms with E-state index in [1.54, 1.807) is 0 Å². The van der Waals surface area contributed by atoms with Crippen molar-refractivity contribution >= 4 is 22.4 Å². The minimum Gasteiger partial charge on any atom is -0.308 e. The van der Waals surface area contributed by atoms with E-state index >= 15 is 0 Å². The van der Waals surface area contributed by atoms with Crippen LogP contribution in [0.2, 0.25) is 0 Å². The molecule has 1 unspecified atom stereocenters. The van der Waals surface area contributed by atoms with E-state index in [1.165, 1.54) is 17.8 Å². The van der Waals surface area contributed by atoms with E-state index in [0.29, 0.717) is 17.6 Å². The molecule has 0 aliphatic carbocycles. The number of nitrogens with one attached hydrogen (secondary N) is 2. The Kier molecular flexibility index (Phi) is 3.84. The number of hydrogen-bond acceptors (Lipinski definition) is 5. The Morgan fingerprint density at radius 2 is 2.50 bits per heavy atom. The molecule has 1 atom stereocenters.